The van der Waals surface area contributed by atoms with E-state index in [0.717, 1.165) is 23.1 Å². The summed E-state index contributed by atoms with van der Waals surface area (Å²) in [5.41, 5.74) is 1.79. The molecular weight excluding hydrogens is 224 g/mol. The Hall–Kier alpha value is -1.51. The van der Waals surface area contributed by atoms with Crippen LogP contribution in [0.1, 0.15) is 36.0 Å². The van der Waals surface area contributed by atoms with Crippen molar-refractivity contribution in [3.05, 3.63) is 29.8 Å². The van der Waals surface area contributed by atoms with Gasteiger partial charge in [-0.25, -0.2) is 0 Å². The highest BCUT2D eigenvalue weighted by Gasteiger charge is 2.40. The van der Waals surface area contributed by atoms with Gasteiger partial charge in [0.1, 0.15) is 0 Å². The molecule has 0 saturated heterocycles. The molecule has 18 heavy (non-hydrogen) atoms. The van der Waals surface area contributed by atoms with Crippen LogP contribution in [0.3, 0.4) is 0 Å². The minimum absolute atomic E-state index is 0.0789. The van der Waals surface area contributed by atoms with Gasteiger partial charge in [-0.2, -0.15) is 0 Å². The van der Waals surface area contributed by atoms with Gasteiger partial charge < -0.3 is 10.6 Å². The van der Waals surface area contributed by atoms with E-state index in [1.807, 2.05) is 31.3 Å². The molecule has 0 spiro atoms. The van der Waals surface area contributed by atoms with Crippen molar-refractivity contribution in [3.63, 3.8) is 0 Å². The maximum absolute atomic E-state index is 12.1. The summed E-state index contributed by atoms with van der Waals surface area (Å²) in [5, 5.41) is 6.26. The summed E-state index contributed by atoms with van der Waals surface area (Å²) < 4.78 is 0. The van der Waals surface area contributed by atoms with Gasteiger partial charge in [-0.15, -0.1) is 0 Å². The summed E-state index contributed by atoms with van der Waals surface area (Å²) in [5.74, 6) is 1.68. The van der Waals surface area contributed by atoms with Crippen LogP contribution in [0.15, 0.2) is 24.3 Å². The van der Waals surface area contributed by atoms with Crippen LogP contribution in [0.25, 0.3) is 0 Å². The van der Waals surface area contributed by atoms with Crippen LogP contribution in [-0.2, 0) is 0 Å². The minimum atomic E-state index is 0.0789. The molecule has 2 N–H and O–H groups in total. The fourth-order valence-corrected chi connectivity index (χ4v) is 3.46. The molecule has 3 nitrogen and oxygen atoms in total. The van der Waals surface area contributed by atoms with Crippen molar-refractivity contribution in [1.29, 1.82) is 0 Å². The number of nitrogens with one attached hydrogen (secondary N) is 2. The second kappa shape index (κ2) is 4.63. The van der Waals surface area contributed by atoms with E-state index in [0.29, 0.717) is 6.04 Å². The molecule has 1 aromatic rings. The molecule has 1 amide bonds. The number of fused-ring (bicyclic) bond motifs is 2. The largest absolute Gasteiger partial charge is 0.388 e. The molecule has 3 rings (SSSR count). The number of anilines is 1. The van der Waals surface area contributed by atoms with Crippen molar-refractivity contribution in [2.45, 2.75) is 31.7 Å². The molecule has 0 aromatic heterocycles. The Morgan fingerprint density at radius 1 is 1.17 bits per heavy atom. The second-order valence-electron chi connectivity index (χ2n) is 5.58. The van der Waals surface area contributed by atoms with Gasteiger partial charge >= 0.3 is 0 Å². The first-order chi connectivity index (χ1) is 8.76. The summed E-state index contributed by atoms with van der Waals surface area (Å²) >= 11 is 0. The van der Waals surface area contributed by atoms with Crippen molar-refractivity contribution >= 4 is 11.6 Å². The lowest BCUT2D eigenvalue weighted by atomic mass is 9.95. The summed E-state index contributed by atoms with van der Waals surface area (Å²) in [6.45, 7) is 0. The Bertz CT molecular complexity index is 440. The number of amides is 1. The third-order valence-electron chi connectivity index (χ3n) is 4.49. The summed E-state index contributed by atoms with van der Waals surface area (Å²) in [4.78, 5) is 12.1. The fourth-order valence-electron chi connectivity index (χ4n) is 3.46. The monoisotopic (exact) mass is 244 g/mol. The lowest BCUT2D eigenvalue weighted by Crippen LogP contribution is -2.38. The smallest absolute Gasteiger partial charge is 0.251 e. The van der Waals surface area contributed by atoms with Gasteiger partial charge in [0.25, 0.3) is 5.91 Å². The lowest BCUT2D eigenvalue weighted by Gasteiger charge is -2.22. The second-order valence-corrected chi connectivity index (χ2v) is 5.58. The average Bonchev–Trinajstić information content (AvgIpc) is 3.01. The van der Waals surface area contributed by atoms with Gasteiger partial charge in [0.05, 0.1) is 0 Å². The Labute approximate surface area is 108 Å². The molecule has 3 heteroatoms. The quantitative estimate of drug-likeness (QED) is 0.858. The SMILES string of the molecule is CNc1ccc(C(=O)NC2CC3CCC2C3)cc1. The van der Waals surface area contributed by atoms with E-state index in [1.54, 1.807) is 0 Å². The Kier molecular flexibility index (Phi) is 2.98. The molecule has 1 aromatic carbocycles. The first kappa shape index (κ1) is 11.6. The molecular formula is C15H20N2O. The van der Waals surface area contributed by atoms with E-state index in [4.69, 9.17) is 0 Å². The van der Waals surface area contributed by atoms with Crippen LogP contribution in [0.4, 0.5) is 5.69 Å². The van der Waals surface area contributed by atoms with Crippen LogP contribution in [0.2, 0.25) is 0 Å². The molecule has 3 unspecified atom stereocenters. The Morgan fingerprint density at radius 3 is 2.50 bits per heavy atom. The van der Waals surface area contributed by atoms with Gasteiger partial charge in [0.2, 0.25) is 0 Å². The van der Waals surface area contributed by atoms with Crippen LogP contribution in [-0.4, -0.2) is 19.0 Å². The molecule has 0 radical (unpaired) electrons. The first-order valence-electron chi connectivity index (χ1n) is 6.85. The van der Waals surface area contributed by atoms with Crippen molar-refractivity contribution in [1.82, 2.24) is 5.32 Å². The number of carbonyl (C=O) groups is 1. The molecule has 96 valence electrons. The standard InChI is InChI=1S/C15H20N2O/c1-16-13-6-4-11(5-7-13)15(18)17-14-9-10-2-3-12(14)8-10/h4-7,10,12,14,16H,2-3,8-9H2,1H3,(H,17,18). The van der Waals surface area contributed by atoms with Crippen molar-refractivity contribution in [3.8, 4) is 0 Å². The van der Waals surface area contributed by atoms with Gasteiger partial charge in [-0.05, 0) is 55.4 Å². The number of benzene rings is 1. The zero-order chi connectivity index (χ0) is 12.5. The molecule has 2 aliphatic rings. The highest BCUT2D eigenvalue weighted by molar-refractivity contribution is 5.94. The van der Waals surface area contributed by atoms with Crippen LogP contribution >= 0.6 is 0 Å². The molecule has 0 heterocycles. The molecule has 2 aliphatic carbocycles. The maximum Gasteiger partial charge on any atom is 0.251 e. The lowest BCUT2D eigenvalue weighted by molar-refractivity contribution is 0.0923. The van der Waals surface area contributed by atoms with Crippen LogP contribution < -0.4 is 10.6 Å². The first-order valence-corrected chi connectivity index (χ1v) is 6.85. The zero-order valence-corrected chi connectivity index (χ0v) is 10.8. The zero-order valence-electron chi connectivity index (χ0n) is 10.8. The molecule has 2 fully saturated rings. The predicted molar refractivity (Wildman–Crippen MR) is 72.7 cm³/mol. The van der Waals surface area contributed by atoms with E-state index < -0.39 is 0 Å². The fraction of sp³-hybridized carbons (Fsp3) is 0.533. The van der Waals surface area contributed by atoms with Gasteiger partial charge in [-0.1, -0.05) is 6.42 Å². The molecule has 2 bridgehead atoms. The third-order valence-corrected chi connectivity index (χ3v) is 4.49. The van der Waals surface area contributed by atoms with Gasteiger partial charge in [-0.3, -0.25) is 4.79 Å². The normalized spacial score (nSPS) is 29.3. The van der Waals surface area contributed by atoms with Crippen molar-refractivity contribution in [2.24, 2.45) is 11.8 Å². The topological polar surface area (TPSA) is 41.1 Å². The summed E-state index contributed by atoms with van der Waals surface area (Å²) in [6, 6.07) is 8.06. The van der Waals surface area contributed by atoms with Crippen LogP contribution in [0, 0.1) is 11.8 Å². The molecule has 3 atom stereocenters. The number of rotatable bonds is 3. The van der Waals surface area contributed by atoms with Crippen molar-refractivity contribution < 1.29 is 4.79 Å². The maximum atomic E-state index is 12.1. The minimum Gasteiger partial charge on any atom is -0.388 e. The van der Waals surface area contributed by atoms with E-state index >= 15 is 0 Å². The van der Waals surface area contributed by atoms with Crippen LogP contribution in [0.5, 0.6) is 0 Å². The predicted octanol–water partition coefficient (Wildman–Crippen LogP) is 2.65. The average molecular weight is 244 g/mol. The number of carbonyl (C=O) groups excluding carboxylic acids is 1. The van der Waals surface area contributed by atoms with Gasteiger partial charge in [0, 0.05) is 24.3 Å². The Balaban J connectivity index is 1.64. The number of hydrogen-bond donors (Lipinski definition) is 2. The highest BCUT2D eigenvalue weighted by atomic mass is 16.1. The van der Waals surface area contributed by atoms with Crippen molar-refractivity contribution in [2.75, 3.05) is 12.4 Å². The highest BCUT2D eigenvalue weighted by Crippen LogP contribution is 2.44. The van der Waals surface area contributed by atoms with E-state index in [1.165, 1.54) is 25.7 Å². The van der Waals surface area contributed by atoms with E-state index in [-0.39, 0.29) is 5.91 Å². The van der Waals surface area contributed by atoms with Gasteiger partial charge in [0.15, 0.2) is 0 Å². The summed E-state index contributed by atoms with van der Waals surface area (Å²) in [7, 11) is 1.88. The summed E-state index contributed by atoms with van der Waals surface area (Å²) in [6.07, 6.45) is 5.18. The molecule has 0 aliphatic heterocycles. The Morgan fingerprint density at radius 2 is 1.94 bits per heavy atom. The van der Waals surface area contributed by atoms with E-state index in [2.05, 4.69) is 10.6 Å². The number of hydrogen-bond acceptors (Lipinski definition) is 2. The van der Waals surface area contributed by atoms with E-state index in [9.17, 15) is 4.79 Å². The molecule has 2 saturated carbocycles. The third kappa shape index (κ3) is 2.09.